The summed E-state index contributed by atoms with van der Waals surface area (Å²) < 4.78 is 46.3. The first-order valence-electron chi connectivity index (χ1n) is 9.37. The predicted octanol–water partition coefficient (Wildman–Crippen LogP) is 0.532. The van der Waals surface area contributed by atoms with Crippen molar-refractivity contribution in [1.29, 1.82) is 0 Å². The molecule has 0 aromatic rings. The van der Waals surface area contributed by atoms with Gasteiger partial charge in [0.25, 0.3) is 0 Å². The molecule has 26 heavy (non-hydrogen) atoms. The van der Waals surface area contributed by atoms with E-state index in [9.17, 15) is 18.0 Å². The fourth-order valence-corrected chi connectivity index (χ4v) is 4.76. The number of likely N-dealkylation sites (N-methyl/N-ethyl adjacent to an activating group) is 1. The van der Waals surface area contributed by atoms with Gasteiger partial charge in [-0.1, -0.05) is 0 Å². The molecule has 0 radical (unpaired) electrons. The molecule has 3 aliphatic rings. The summed E-state index contributed by atoms with van der Waals surface area (Å²) in [5.41, 5.74) is 0. The lowest BCUT2D eigenvalue weighted by Crippen LogP contribution is -2.89. The zero-order valence-electron chi connectivity index (χ0n) is 15.4. The number of esters is 1. The molecule has 2 heterocycles. The topological polar surface area (TPSA) is 58.6 Å². The molecule has 0 spiro atoms. The lowest BCUT2D eigenvalue weighted by molar-refractivity contribution is -0.678. The first-order valence-corrected chi connectivity index (χ1v) is 9.37. The minimum Gasteiger partial charge on any atom is -0.468 e. The van der Waals surface area contributed by atoms with Crippen LogP contribution in [0.4, 0.5) is 13.2 Å². The number of carbonyl (C=O) groups is 1. The molecule has 3 rings (SSSR count). The lowest BCUT2D eigenvalue weighted by atomic mass is 9.85. The highest BCUT2D eigenvalue weighted by Crippen LogP contribution is 2.33. The predicted molar refractivity (Wildman–Crippen MR) is 87.0 cm³/mol. The summed E-state index contributed by atoms with van der Waals surface area (Å²) in [6.07, 6.45) is -2.31. The van der Waals surface area contributed by atoms with E-state index < -0.39 is 12.5 Å². The van der Waals surface area contributed by atoms with Gasteiger partial charge >= 0.3 is 12.3 Å². The van der Waals surface area contributed by atoms with Crippen LogP contribution in [0, 0.1) is 5.92 Å². The molecule has 2 aliphatic heterocycles. The highest BCUT2D eigenvalue weighted by molar-refractivity contribution is 5.75. The first kappa shape index (κ1) is 19.9. The van der Waals surface area contributed by atoms with Crippen LogP contribution in [-0.2, 0) is 14.3 Å². The van der Waals surface area contributed by atoms with E-state index in [0.717, 1.165) is 26.2 Å². The molecule has 2 unspecified atom stereocenters. The summed E-state index contributed by atoms with van der Waals surface area (Å²) in [5, 5.41) is 2.28. The molecule has 0 aromatic carbocycles. The number of carbonyl (C=O) groups excluding carboxylic acids is 1. The maximum Gasteiger partial charge on any atom is 0.522 e. The van der Waals surface area contributed by atoms with Crippen molar-refractivity contribution in [2.24, 2.45) is 5.92 Å². The van der Waals surface area contributed by atoms with Gasteiger partial charge in [0.2, 0.25) is 0 Å². The number of hydrogen-bond acceptors (Lipinski definition) is 5. The van der Waals surface area contributed by atoms with E-state index in [2.05, 4.69) is 26.9 Å². The van der Waals surface area contributed by atoms with Gasteiger partial charge in [-0.2, -0.15) is 0 Å². The van der Waals surface area contributed by atoms with Crippen LogP contribution in [0.5, 0.6) is 0 Å². The Kier molecular flexibility index (Phi) is 6.11. The Morgan fingerprint density at radius 3 is 2.54 bits per heavy atom. The molecule has 150 valence electrons. The number of hydrogen-bond donors (Lipinski definition) is 1. The summed E-state index contributed by atoms with van der Waals surface area (Å²) >= 11 is 0. The van der Waals surface area contributed by atoms with Crippen LogP contribution in [0.2, 0.25) is 0 Å². The van der Waals surface area contributed by atoms with Gasteiger partial charge in [0.15, 0.2) is 0 Å². The van der Waals surface area contributed by atoms with Crippen LogP contribution in [-0.4, -0.2) is 80.3 Å². The second kappa shape index (κ2) is 8.00. The average Bonchev–Trinajstić information content (AvgIpc) is 2.94. The van der Waals surface area contributed by atoms with Gasteiger partial charge in [-0.15, -0.1) is 13.2 Å². The minimum atomic E-state index is -4.56. The van der Waals surface area contributed by atoms with Crippen molar-refractivity contribution >= 4 is 5.97 Å². The van der Waals surface area contributed by atoms with E-state index in [4.69, 9.17) is 4.74 Å². The van der Waals surface area contributed by atoms with E-state index in [1.165, 1.54) is 7.11 Å². The van der Waals surface area contributed by atoms with Crippen molar-refractivity contribution in [1.82, 2.24) is 9.80 Å². The maximum atomic E-state index is 12.4. The average molecular weight is 380 g/mol. The van der Waals surface area contributed by atoms with E-state index in [-0.39, 0.29) is 12.0 Å². The molecule has 0 aromatic heterocycles. The molecule has 0 bridgehead atoms. The Labute approximate surface area is 152 Å². The zero-order valence-corrected chi connectivity index (χ0v) is 15.4. The third-order valence-corrected chi connectivity index (χ3v) is 6.17. The van der Waals surface area contributed by atoms with Crippen LogP contribution in [0.25, 0.3) is 0 Å². The number of methoxy groups -OCH3 is 1. The van der Waals surface area contributed by atoms with Gasteiger partial charge < -0.3 is 10.1 Å². The van der Waals surface area contributed by atoms with Crippen LogP contribution in [0.1, 0.15) is 32.1 Å². The minimum absolute atomic E-state index is 0.208. The molecule has 2 saturated heterocycles. The fraction of sp³-hybridized carbons (Fsp3) is 0.941. The SMILES string of the molecule is COC(=O)[C@@H]1CC2[NH2+]CN(C)C2CN1CC1CCC(OC(F)(F)F)CC1. The third-order valence-electron chi connectivity index (χ3n) is 6.17. The Hall–Kier alpha value is -0.900. The molecule has 9 heteroatoms. The molecule has 1 saturated carbocycles. The number of quaternary nitrogens is 1. The Balaban J connectivity index is 1.57. The van der Waals surface area contributed by atoms with Gasteiger partial charge in [-0.05, 0) is 38.6 Å². The van der Waals surface area contributed by atoms with Crippen LogP contribution >= 0.6 is 0 Å². The second-order valence-corrected chi connectivity index (χ2v) is 7.84. The number of rotatable bonds is 4. The van der Waals surface area contributed by atoms with E-state index in [0.29, 0.717) is 43.7 Å². The largest absolute Gasteiger partial charge is 0.522 e. The molecular formula is C17H29F3N3O3+. The highest BCUT2D eigenvalue weighted by atomic mass is 19.4. The number of piperidine rings is 1. The summed E-state index contributed by atoms with van der Waals surface area (Å²) in [5.74, 6) is 0.0861. The van der Waals surface area contributed by atoms with Crippen LogP contribution in [0.15, 0.2) is 0 Å². The molecule has 1 aliphatic carbocycles. The Morgan fingerprint density at radius 1 is 1.23 bits per heavy atom. The molecular weight excluding hydrogens is 351 g/mol. The standard InChI is InChI=1S/C17H28F3N3O3/c1-22-10-21-13-7-14(16(24)25-2)23(9-15(13)22)8-11-3-5-12(6-4-11)26-17(18,19)20/h11-15,21H,3-10H2,1-2H3/p+1/t11?,12?,13?,14-,15?/m0/s1. The fourth-order valence-electron chi connectivity index (χ4n) is 4.76. The van der Waals surface area contributed by atoms with Gasteiger partial charge in [-0.3, -0.25) is 14.4 Å². The molecule has 0 amide bonds. The summed E-state index contributed by atoms with van der Waals surface area (Å²) in [6, 6.07) is 0.547. The molecule has 3 fully saturated rings. The molecule has 6 nitrogen and oxygen atoms in total. The second-order valence-electron chi connectivity index (χ2n) is 7.84. The smallest absolute Gasteiger partial charge is 0.468 e. The lowest BCUT2D eigenvalue weighted by Gasteiger charge is -2.42. The van der Waals surface area contributed by atoms with Gasteiger partial charge in [-0.25, -0.2) is 4.90 Å². The zero-order chi connectivity index (χ0) is 18.9. The number of fused-ring (bicyclic) bond motifs is 1. The Morgan fingerprint density at radius 2 is 1.92 bits per heavy atom. The van der Waals surface area contributed by atoms with E-state index in [1.54, 1.807) is 0 Å². The summed E-state index contributed by atoms with van der Waals surface area (Å²) in [7, 11) is 3.51. The van der Waals surface area contributed by atoms with Gasteiger partial charge in [0, 0.05) is 19.5 Å². The molecule has 3 atom stereocenters. The number of ether oxygens (including phenoxy) is 2. The van der Waals surface area contributed by atoms with Gasteiger partial charge in [0.05, 0.1) is 19.3 Å². The third kappa shape index (κ3) is 4.68. The van der Waals surface area contributed by atoms with Crippen LogP contribution < -0.4 is 5.32 Å². The summed E-state index contributed by atoms with van der Waals surface area (Å²) in [4.78, 5) is 16.8. The number of alkyl halides is 3. The maximum absolute atomic E-state index is 12.4. The summed E-state index contributed by atoms with van der Waals surface area (Å²) in [6.45, 7) is 2.46. The monoisotopic (exact) mass is 380 g/mol. The van der Waals surface area contributed by atoms with Crippen molar-refractivity contribution in [2.45, 2.75) is 62.7 Å². The first-order chi connectivity index (χ1) is 12.3. The van der Waals surface area contributed by atoms with E-state index >= 15 is 0 Å². The normalized spacial score (nSPS) is 36.7. The number of nitrogens with zero attached hydrogens (tertiary/aromatic N) is 2. The van der Waals surface area contributed by atoms with E-state index in [1.807, 2.05) is 0 Å². The van der Waals surface area contributed by atoms with Crippen molar-refractivity contribution < 1.29 is 32.8 Å². The van der Waals surface area contributed by atoms with Crippen molar-refractivity contribution in [3.63, 3.8) is 0 Å². The number of likely N-dealkylation sites (tertiary alicyclic amines) is 1. The van der Waals surface area contributed by atoms with Crippen molar-refractivity contribution in [2.75, 3.05) is 33.9 Å². The quantitative estimate of drug-likeness (QED) is 0.722. The molecule has 2 N–H and O–H groups in total. The number of nitrogens with two attached hydrogens (primary N) is 1. The van der Waals surface area contributed by atoms with Crippen LogP contribution in [0.3, 0.4) is 0 Å². The van der Waals surface area contributed by atoms with Gasteiger partial charge in [0.1, 0.15) is 18.8 Å². The Bertz CT molecular complexity index is 497. The van der Waals surface area contributed by atoms with Crippen molar-refractivity contribution in [3.8, 4) is 0 Å². The number of halogens is 3. The highest BCUT2D eigenvalue weighted by Gasteiger charge is 2.47. The van der Waals surface area contributed by atoms with Crippen molar-refractivity contribution in [3.05, 3.63) is 0 Å².